The van der Waals surface area contributed by atoms with E-state index in [9.17, 15) is 4.79 Å². The Labute approximate surface area is 123 Å². The third kappa shape index (κ3) is 4.20. The van der Waals surface area contributed by atoms with E-state index in [0.717, 1.165) is 16.8 Å². The van der Waals surface area contributed by atoms with E-state index in [2.05, 4.69) is 27.4 Å². The maximum absolute atomic E-state index is 12.0. The monoisotopic (exact) mass is 283 g/mol. The van der Waals surface area contributed by atoms with Crippen molar-refractivity contribution < 1.29 is 9.90 Å². The Morgan fingerprint density at radius 2 is 2.14 bits per heavy atom. The fraction of sp³-hybridized carbons (Fsp3) is 0.250. The number of aryl methyl sites for hydroxylation is 1. The summed E-state index contributed by atoms with van der Waals surface area (Å²) >= 11 is 0. The molecule has 0 aliphatic carbocycles. The summed E-state index contributed by atoms with van der Waals surface area (Å²) in [6.07, 6.45) is 2.15. The number of hydrogen-bond acceptors (Lipinski definition) is 3. The van der Waals surface area contributed by atoms with Gasteiger partial charge in [0.05, 0.1) is 12.8 Å². The first-order valence-electron chi connectivity index (χ1n) is 6.67. The van der Waals surface area contributed by atoms with Crippen molar-refractivity contribution in [2.75, 3.05) is 6.61 Å². The molecule has 21 heavy (non-hydrogen) atoms. The van der Waals surface area contributed by atoms with Gasteiger partial charge in [0.15, 0.2) is 0 Å². The largest absolute Gasteiger partial charge is 0.395 e. The Balaban J connectivity index is 1.94. The number of nitrogens with zero attached hydrogens (tertiary/aromatic N) is 1. The van der Waals surface area contributed by atoms with Gasteiger partial charge in [0.25, 0.3) is 5.91 Å². The SMILES string of the molecule is Cc1[nH]ncc1CNC(=O)c1ccc(C#CCCO)cc1. The van der Waals surface area contributed by atoms with Gasteiger partial charge in [0.2, 0.25) is 0 Å². The van der Waals surface area contributed by atoms with Gasteiger partial charge >= 0.3 is 0 Å². The molecule has 0 spiro atoms. The van der Waals surface area contributed by atoms with E-state index in [1.807, 2.05) is 6.92 Å². The van der Waals surface area contributed by atoms with Gasteiger partial charge in [-0.1, -0.05) is 11.8 Å². The smallest absolute Gasteiger partial charge is 0.251 e. The molecule has 0 fully saturated rings. The summed E-state index contributed by atoms with van der Waals surface area (Å²) in [6.45, 7) is 2.41. The summed E-state index contributed by atoms with van der Waals surface area (Å²) in [6, 6.07) is 7.06. The first-order valence-corrected chi connectivity index (χ1v) is 6.67. The van der Waals surface area contributed by atoms with Crippen LogP contribution in [0.4, 0.5) is 0 Å². The fourth-order valence-corrected chi connectivity index (χ4v) is 1.76. The molecule has 5 heteroatoms. The number of hydrogen-bond donors (Lipinski definition) is 3. The Hall–Kier alpha value is -2.58. The molecule has 0 aliphatic rings. The number of amides is 1. The molecular weight excluding hydrogens is 266 g/mol. The van der Waals surface area contributed by atoms with E-state index in [0.29, 0.717) is 18.5 Å². The van der Waals surface area contributed by atoms with Crippen molar-refractivity contribution in [1.29, 1.82) is 0 Å². The Morgan fingerprint density at radius 1 is 1.38 bits per heavy atom. The number of rotatable bonds is 4. The lowest BCUT2D eigenvalue weighted by atomic mass is 10.1. The average molecular weight is 283 g/mol. The molecule has 1 aromatic heterocycles. The second-order valence-corrected chi connectivity index (χ2v) is 4.56. The second-order valence-electron chi connectivity index (χ2n) is 4.56. The zero-order chi connectivity index (χ0) is 15.1. The topological polar surface area (TPSA) is 78.0 Å². The van der Waals surface area contributed by atoms with Gasteiger partial charge in [0, 0.05) is 35.3 Å². The zero-order valence-corrected chi connectivity index (χ0v) is 11.8. The normalized spacial score (nSPS) is 9.81. The summed E-state index contributed by atoms with van der Waals surface area (Å²) in [5.74, 6) is 5.62. The Kier molecular flexibility index (Phi) is 5.13. The van der Waals surface area contributed by atoms with Crippen LogP contribution in [-0.4, -0.2) is 27.8 Å². The predicted molar refractivity (Wildman–Crippen MR) is 79.5 cm³/mol. The van der Waals surface area contributed by atoms with E-state index in [1.165, 1.54) is 0 Å². The van der Waals surface area contributed by atoms with Crippen LogP contribution in [0.2, 0.25) is 0 Å². The summed E-state index contributed by atoms with van der Waals surface area (Å²) < 4.78 is 0. The molecule has 0 bridgehead atoms. The molecule has 5 nitrogen and oxygen atoms in total. The van der Waals surface area contributed by atoms with E-state index in [4.69, 9.17) is 5.11 Å². The molecule has 0 saturated carbocycles. The molecule has 1 amide bonds. The van der Waals surface area contributed by atoms with Gasteiger partial charge in [-0.05, 0) is 31.2 Å². The van der Waals surface area contributed by atoms with Gasteiger partial charge in [-0.25, -0.2) is 0 Å². The molecule has 108 valence electrons. The highest BCUT2D eigenvalue weighted by molar-refractivity contribution is 5.94. The van der Waals surface area contributed by atoms with E-state index in [1.54, 1.807) is 30.5 Å². The van der Waals surface area contributed by atoms with Crippen molar-refractivity contribution in [3.8, 4) is 11.8 Å². The van der Waals surface area contributed by atoms with Gasteiger partial charge < -0.3 is 10.4 Å². The van der Waals surface area contributed by atoms with E-state index < -0.39 is 0 Å². The van der Waals surface area contributed by atoms with Crippen LogP contribution in [0, 0.1) is 18.8 Å². The Bertz CT molecular complexity index is 663. The highest BCUT2D eigenvalue weighted by Gasteiger charge is 2.06. The van der Waals surface area contributed by atoms with Crippen LogP contribution in [-0.2, 0) is 6.54 Å². The van der Waals surface area contributed by atoms with Crippen LogP contribution in [0.1, 0.15) is 33.6 Å². The molecule has 0 saturated heterocycles. The number of H-pyrrole nitrogens is 1. The van der Waals surface area contributed by atoms with E-state index in [-0.39, 0.29) is 12.5 Å². The van der Waals surface area contributed by atoms with Crippen molar-refractivity contribution in [2.24, 2.45) is 0 Å². The third-order valence-electron chi connectivity index (χ3n) is 2.99. The van der Waals surface area contributed by atoms with Crippen LogP contribution < -0.4 is 5.32 Å². The highest BCUT2D eigenvalue weighted by atomic mass is 16.2. The van der Waals surface area contributed by atoms with Crippen molar-refractivity contribution in [1.82, 2.24) is 15.5 Å². The number of carbonyl (C=O) groups excluding carboxylic acids is 1. The van der Waals surface area contributed by atoms with Crippen LogP contribution in [0.3, 0.4) is 0 Å². The molecular formula is C16H17N3O2. The van der Waals surface area contributed by atoms with Gasteiger partial charge in [0.1, 0.15) is 0 Å². The minimum atomic E-state index is -0.134. The molecule has 3 N–H and O–H groups in total. The van der Waals surface area contributed by atoms with Crippen molar-refractivity contribution in [2.45, 2.75) is 19.9 Å². The zero-order valence-electron chi connectivity index (χ0n) is 11.8. The quantitative estimate of drug-likeness (QED) is 0.742. The van der Waals surface area contributed by atoms with Gasteiger partial charge in [-0.3, -0.25) is 9.89 Å². The number of benzene rings is 1. The lowest BCUT2D eigenvalue weighted by Crippen LogP contribution is -2.22. The summed E-state index contributed by atoms with van der Waals surface area (Å²) in [5.41, 5.74) is 3.33. The first-order chi connectivity index (χ1) is 10.2. The molecule has 0 unspecified atom stereocenters. The molecule has 1 heterocycles. The first kappa shape index (κ1) is 14.8. The van der Waals surface area contributed by atoms with Crippen LogP contribution in [0.15, 0.2) is 30.5 Å². The molecule has 2 aromatic rings. The Morgan fingerprint density at radius 3 is 2.76 bits per heavy atom. The molecule has 2 rings (SSSR count). The summed E-state index contributed by atoms with van der Waals surface area (Å²) in [5, 5.41) is 18.2. The number of aliphatic hydroxyl groups excluding tert-OH is 1. The molecule has 0 radical (unpaired) electrons. The maximum atomic E-state index is 12.0. The van der Waals surface area contributed by atoms with E-state index >= 15 is 0 Å². The van der Waals surface area contributed by atoms with Crippen LogP contribution >= 0.6 is 0 Å². The predicted octanol–water partition coefficient (Wildman–Crippen LogP) is 1.38. The number of aromatic nitrogens is 2. The maximum Gasteiger partial charge on any atom is 0.251 e. The average Bonchev–Trinajstić information content (AvgIpc) is 2.91. The standard InChI is InChI=1S/C16H17N3O2/c1-12-15(11-18-19-12)10-17-16(21)14-7-5-13(6-8-14)4-2-3-9-20/h5-8,11,20H,3,9-10H2,1H3,(H,17,21)(H,18,19). The highest BCUT2D eigenvalue weighted by Crippen LogP contribution is 2.05. The van der Waals surface area contributed by atoms with Crippen molar-refractivity contribution >= 4 is 5.91 Å². The number of nitrogens with one attached hydrogen (secondary N) is 2. The van der Waals surface area contributed by atoms with Gasteiger partial charge in [-0.2, -0.15) is 5.10 Å². The molecule has 0 atom stereocenters. The number of aromatic amines is 1. The molecule has 1 aromatic carbocycles. The minimum absolute atomic E-state index is 0.0565. The summed E-state index contributed by atoms with van der Waals surface area (Å²) in [4.78, 5) is 12.0. The summed E-state index contributed by atoms with van der Waals surface area (Å²) in [7, 11) is 0. The fourth-order valence-electron chi connectivity index (χ4n) is 1.76. The third-order valence-corrected chi connectivity index (χ3v) is 2.99. The molecule has 0 aliphatic heterocycles. The van der Waals surface area contributed by atoms with Crippen LogP contribution in [0.25, 0.3) is 0 Å². The van der Waals surface area contributed by atoms with Gasteiger partial charge in [-0.15, -0.1) is 0 Å². The second kappa shape index (κ2) is 7.27. The number of aliphatic hydroxyl groups is 1. The lowest BCUT2D eigenvalue weighted by molar-refractivity contribution is 0.0951. The van der Waals surface area contributed by atoms with Crippen molar-refractivity contribution in [3.05, 3.63) is 52.8 Å². The minimum Gasteiger partial charge on any atom is -0.395 e. The lowest BCUT2D eigenvalue weighted by Gasteiger charge is -2.04. The number of carbonyl (C=O) groups is 1. The van der Waals surface area contributed by atoms with Crippen molar-refractivity contribution in [3.63, 3.8) is 0 Å². The van der Waals surface area contributed by atoms with Crippen LogP contribution in [0.5, 0.6) is 0 Å².